The van der Waals surface area contributed by atoms with Crippen molar-refractivity contribution < 1.29 is 13.9 Å². The third kappa shape index (κ3) is 4.37. The van der Waals surface area contributed by atoms with Crippen molar-refractivity contribution >= 4 is 11.6 Å². The molecule has 0 amide bonds. The summed E-state index contributed by atoms with van der Waals surface area (Å²) in [4.78, 5) is 0. The highest BCUT2D eigenvalue weighted by Crippen LogP contribution is 2.33. The van der Waals surface area contributed by atoms with Crippen molar-refractivity contribution in [3.8, 4) is 11.5 Å². The van der Waals surface area contributed by atoms with Gasteiger partial charge in [-0.15, -0.1) is 0 Å². The molecule has 0 saturated heterocycles. The topological polar surface area (TPSA) is 18.5 Å². The summed E-state index contributed by atoms with van der Waals surface area (Å²) in [6, 6.07) is 3.20. The zero-order chi connectivity index (χ0) is 13.4. The maximum atomic E-state index is 13.8. The van der Waals surface area contributed by atoms with E-state index < -0.39 is 5.82 Å². The minimum Gasteiger partial charge on any atom is -0.492 e. The van der Waals surface area contributed by atoms with Crippen LogP contribution in [0.15, 0.2) is 12.1 Å². The summed E-state index contributed by atoms with van der Waals surface area (Å²) in [5, 5.41) is -0.0112. The quantitative estimate of drug-likeness (QED) is 0.632. The van der Waals surface area contributed by atoms with Crippen LogP contribution in [0, 0.1) is 5.82 Å². The van der Waals surface area contributed by atoms with E-state index >= 15 is 0 Å². The Morgan fingerprint density at radius 3 is 2.44 bits per heavy atom. The van der Waals surface area contributed by atoms with Gasteiger partial charge in [-0.1, -0.05) is 37.8 Å². The number of halogens is 2. The Balaban J connectivity index is 2.54. The monoisotopic (exact) mass is 274 g/mol. The number of unbranched alkanes of at least 4 members (excludes halogenated alkanes) is 3. The first-order valence-corrected chi connectivity index (χ1v) is 6.82. The molecule has 0 spiro atoms. The van der Waals surface area contributed by atoms with E-state index in [2.05, 4.69) is 6.92 Å². The van der Waals surface area contributed by atoms with Gasteiger partial charge < -0.3 is 9.47 Å². The molecule has 0 atom stereocenters. The Bertz CT molecular complexity index is 369. The van der Waals surface area contributed by atoms with Crippen LogP contribution in [0.2, 0.25) is 5.02 Å². The van der Waals surface area contributed by atoms with Gasteiger partial charge >= 0.3 is 0 Å². The molecule has 0 aromatic heterocycles. The van der Waals surface area contributed by atoms with Gasteiger partial charge in [-0.2, -0.15) is 0 Å². The van der Waals surface area contributed by atoms with Gasteiger partial charge in [0.15, 0.2) is 11.6 Å². The van der Waals surface area contributed by atoms with Crippen molar-refractivity contribution in [2.24, 2.45) is 0 Å². The molecule has 0 aliphatic heterocycles. The lowest BCUT2D eigenvalue weighted by Gasteiger charge is -2.11. The Labute approximate surface area is 113 Å². The van der Waals surface area contributed by atoms with Gasteiger partial charge in [0, 0.05) is 0 Å². The van der Waals surface area contributed by atoms with Crippen molar-refractivity contribution in [3.05, 3.63) is 23.0 Å². The van der Waals surface area contributed by atoms with Crippen LogP contribution < -0.4 is 9.47 Å². The molecule has 0 N–H and O–H groups in total. The van der Waals surface area contributed by atoms with E-state index in [0.717, 1.165) is 12.8 Å². The Morgan fingerprint density at radius 1 is 1.06 bits per heavy atom. The fourth-order valence-corrected chi connectivity index (χ4v) is 1.81. The highest BCUT2D eigenvalue weighted by Gasteiger charge is 2.13. The molecule has 2 nitrogen and oxygen atoms in total. The van der Waals surface area contributed by atoms with Crippen molar-refractivity contribution in [3.63, 3.8) is 0 Å². The molecule has 4 heteroatoms. The number of hydrogen-bond donors (Lipinski definition) is 0. The van der Waals surface area contributed by atoms with E-state index in [-0.39, 0.29) is 10.8 Å². The van der Waals surface area contributed by atoms with Crippen LogP contribution in [0.5, 0.6) is 11.5 Å². The second kappa shape index (κ2) is 8.20. The van der Waals surface area contributed by atoms with E-state index in [1.54, 1.807) is 12.1 Å². The molecular formula is C14H20ClFO2. The number of hydrogen-bond acceptors (Lipinski definition) is 2. The zero-order valence-corrected chi connectivity index (χ0v) is 11.7. The predicted molar refractivity (Wildman–Crippen MR) is 72.2 cm³/mol. The standard InChI is InChI=1S/C14H20ClFO2/c1-3-5-6-7-10-18-12-9-8-11(17-4-2)13(15)14(12)16/h8-9H,3-7,10H2,1-2H3. The minimum atomic E-state index is -0.543. The van der Waals surface area contributed by atoms with Crippen LogP contribution in [0.3, 0.4) is 0 Å². The molecule has 0 aliphatic rings. The zero-order valence-electron chi connectivity index (χ0n) is 11.0. The molecule has 0 fully saturated rings. The third-order valence-electron chi connectivity index (χ3n) is 2.57. The fourth-order valence-electron chi connectivity index (χ4n) is 1.60. The van der Waals surface area contributed by atoms with Crippen LogP contribution in [0.1, 0.15) is 39.5 Å². The van der Waals surface area contributed by atoms with Crippen LogP contribution >= 0.6 is 11.6 Å². The van der Waals surface area contributed by atoms with Crippen molar-refractivity contribution in [2.75, 3.05) is 13.2 Å². The Hall–Kier alpha value is -0.960. The summed E-state index contributed by atoms with van der Waals surface area (Å²) in [7, 11) is 0. The maximum absolute atomic E-state index is 13.8. The molecule has 0 bridgehead atoms. The average Bonchev–Trinajstić information content (AvgIpc) is 2.37. The lowest BCUT2D eigenvalue weighted by Crippen LogP contribution is -2.01. The Kier molecular flexibility index (Phi) is 6.88. The number of ether oxygens (including phenoxy) is 2. The lowest BCUT2D eigenvalue weighted by molar-refractivity contribution is 0.287. The van der Waals surface area contributed by atoms with Gasteiger partial charge in [0.2, 0.25) is 0 Å². The first-order chi connectivity index (χ1) is 8.70. The van der Waals surface area contributed by atoms with Crippen LogP contribution in [-0.2, 0) is 0 Å². The van der Waals surface area contributed by atoms with E-state index in [4.69, 9.17) is 21.1 Å². The van der Waals surface area contributed by atoms with Crippen LogP contribution in [0.4, 0.5) is 4.39 Å². The normalized spacial score (nSPS) is 10.4. The molecule has 0 saturated carbocycles. The van der Waals surface area contributed by atoms with Crippen molar-refractivity contribution in [2.45, 2.75) is 39.5 Å². The van der Waals surface area contributed by atoms with Gasteiger partial charge in [0.05, 0.1) is 13.2 Å². The van der Waals surface area contributed by atoms with E-state index in [1.807, 2.05) is 6.92 Å². The largest absolute Gasteiger partial charge is 0.492 e. The molecule has 102 valence electrons. The molecule has 0 radical (unpaired) electrons. The molecule has 18 heavy (non-hydrogen) atoms. The summed E-state index contributed by atoms with van der Waals surface area (Å²) in [6.45, 7) is 4.94. The second-order valence-electron chi connectivity index (χ2n) is 4.03. The summed E-state index contributed by atoms with van der Waals surface area (Å²) in [5.74, 6) is 0.00746. The minimum absolute atomic E-state index is 0.0112. The van der Waals surface area contributed by atoms with E-state index in [9.17, 15) is 4.39 Å². The second-order valence-corrected chi connectivity index (χ2v) is 4.41. The van der Waals surface area contributed by atoms with Crippen LogP contribution in [-0.4, -0.2) is 13.2 Å². The summed E-state index contributed by atoms with van der Waals surface area (Å²) in [6.07, 6.45) is 4.38. The first kappa shape index (κ1) is 15.1. The molecule has 0 aliphatic carbocycles. The average molecular weight is 275 g/mol. The molecule has 0 unspecified atom stereocenters. The summed E-state index contributed by atoms with van der Waals surface area (Å²) < 4.78 is 24.4. The fraction of sp³-hybridized carbons (Fsp3) is 0.571. The van der Waals surface area contributed by atoms with Crippen molar-refractivity contribution in [1.29, 1.82) is 0 Å². The van der Waals surface area contributed by atoms with Gasteiger partial charge in [0.1, 0.15) is 10.8 Å². The van der Waals surface area contributed by atoms with E-state index in [0.29, 0.717) is 19.0 Å². The van der Waals surface area contributed by atoms with Crippen molar-refractivity contribution in [1.82, 2.24) is 0 Å². The smallest absolute Gasteiger partial charge is 0.187 e. The first-order valence-electron chi connectivity index (χ1n) is 6.44. The SMILES string of the molecule is CCCCCCOc1ccc(OCC)c(Cl)c1F. The summed E-state index contributed by atoms with van der Waals surface area (Å²) >= 11 is 5.86. The molecule has 1 aromatic rings. The third-order valence-corrected chi connectivity index (χ3v) is 2.92. The van der Waals surface area contributed by atoms with Gasteiger partial charge in [-0.25, -0.2) is 4.39 Å². The van der Waals surface area contributed by atoms with Gasteiger partial charge in [0.25, 0.3) is 0 Å². The number of rotatable bonds is 8. The molecular weight excluding hydrogens is 255 g/mol. The van der Waals surface area contributed by atoms with Gasteiger partial charge in [-0.05, 0) is 25.5 Å². The molecule has 0 heterocycles. The maximum Gasteiger partial charge on any atom is 0.187 e. The predicted octanol–water partition coefficient (Wildman–Crippen LogP) is 4.84. The number of benzene rings is 1. The highest BCUT2D eigenvalue weighted by atomic mass is 35.5. The highest BCUT2D eigenvalue weighted by molar-refractivity contribution is 6.32. The Morgan fingerprint density at radius 2 is 1.78 bits per heavy atom. The molecule has 1 rings (SSSR count). The lowest BCUT2D eigenvalue weighted by atomic mass is 10.2. The summed E-state index contributed by atoms with van der Waals surface area (Å²) in [5.41, 5.74) is 0. The van der Waals surface area contributed by atoms with E-state index in [1.165, 1.54) is 12.8 Å². The van der Waals surface area contributed by atoms with Gasteiger partial charge in [-0.3, -0.25) is 0 Å². The van der Waals surface area contributed by atoms with Crippen LogP contribution in [0.25, 0.3) is 0 Å². The molecule has 1 aromatic carbocycles.